The number of hydrogen-bond donors (Lipinski definition) is 0. The lowest BCUT2D eigenvalue weighted by Crippen LogP contribution is -2.26. The summed E-state index contributed by atoms with van der Waals surface area (Å²) in [6.45, 7) is 10.7. The molecule has 3 heteroatoms. The maximum atomic E-state index is 11.3. The highest BCUT2D eigenvalue weighted by atomic mass is 28.3. The van der Waals surface area contributed by atoms with Crippen molar-refractivity contribution in [3.05, 3.63) is 42.0 Å². The van der Waals surface area contributed by atoms with Gasteiger partial charge in [0.2, 0.25) is 0 Å². The van der Waals surface area contributed by atoms with E-state index in [9.17, 15) is 4.79 Å². The van der Waals surface area contributed by atoms with Gasteiger partial charge in [-0.3, -0.25) is 4.79 Å². The Morgan fingerprint density at radius 1 is 1.26 bits per heavy atom. The largest absolute Gasteiger partial charge is 0.426 e. The Hall–Kier alpha value is -1.35. The van der Waals surface area contributed by atoms with Crippen LogP contribution in [0.5, 0.6) is 0 Å². The van der Waals surface area contributed by atoms with Crippen molar-refractivity contribution in [3.8, 4) is 0 Å². The summed E-state index contributed by atoms with van der Waals surface area (Å²) in [5, 5.41) is 0. The Balaban J connectivity index is 3.13. The Kier molecular flexibility index (Phi) is 5.55. The molecular formula is C16H24O2Si. The summed E-state index contributed by atoms with van der Waals surface area (Å²) < 4.78 is 5.41. The summed E-state index contributed by atoms with van der Waals surface area (Å²) in [4.78, 5) is 11.3. The lowest BCUT2D eigenvalue weighted by Gasteiger charge is -2.25. The second kappa shape index (κ2) is 6.71. The number of rotatable bonds is 5. The van der Waals surface area contributed by atoms with Gasteiger partial charge in [-0.1, -0.05) is 63.3 Å². The van der Waals surface area contributed by atoms with E-state index >= 15 is 0 Å². The molecule has 0 spiro atoms. The third-order valence-corrected chi connectivity index (χ3v) is 6.02. The molecule has 0 bridgehead atoms. The summed E-state index contributed by atoms with van der Waals surface area (Å²) in [6, 6.07) is 9.84. The van der Waals surface area contributed by atoms with E-state index in [4.69, 9.17) is 4.74 Å². The first kappa shape index (κ1) is 15.7. The van der Waals surface area contributed by atoms with Crippen molar-refractivity contribution >= 4 is 19.8 Å². The summed E-state index contributed by atoms with van der Waals surface area (Å²) >= 11 is 0. The lowest BCUT2D eigenvalue weighted by molar-refractivity contribution is -0.134. The number of allylic oxidation sites excluding steroid dienone is 1. The Morgan fingerprint density at radius 2 is 1.84 bits per heavy atom. The molecule has 0 saturated heterocycles. The van der Waals surface area contributed by atoms with Crippen LogP contribution >= 0.6 is 0 Å². The van der Waals surface area contributed by atoms with E-state index in [1.54, 1.807) is 0 Å². The molecule has 0 aromatic heterocycles. The molecule has 0 radical (unpaired) electrons. The number of ether oxygens (including phenoxy) is 1. The summed E-state index contributed by atoms with van der Waals surface area (Å²) in [5.41, 5.74) is 1.47. The van der Waals surface area contributed by atoms with E-state index < -0.39 is 8.07 Å². The van der Waals surface area contributed by atoms with Gasteiger partial charge in [0.05, 0.1) is 8.07 Å². The van der Waals surface area contributed by atoms with Gasteiger partial charge >= 0.3 is 5.97 Å². The van der Waals surface area contributed by atoms with Gasteiger partial charge in [0.15, 0.2) is 0 Å². The maximum absolute atomic E-state index is 11.3. The van der Waals surface area contributed by atoms with Crippen molar-refractivity contribution in [1.29, 1.82) is 0 Å². The Labute approximate surface area is 117 Å². The van der Waals surface area contributed by atoms with Gasteiger partial charge in [-0.25, -0.2) is 0 Å². The molecule has 1 rings (SSSR count). The Morgan fingerprint density at radius 3 is 2.26 bits per heavy atom. The summed E-state index contributed by atoms with van der Waals surface area (Å²) in [5.74, 6) is 0.433. The van der Waals surface area contributed by atoms with Crippen LogP contribution in [0, 0.1) is 0 Å². The SMILES string of the molecule is CCC(/C=C(\OC(C)=O)c1ccccc1)[Si](C)(C)C. The fourth-order valence-corrected chi connectivity index (χ4v) is 3.99. The van der Waals surface area contributed by atoms with Crippen molar-refractivity contribution in [2.45, 2.75) is 45.5 Å². The zero-order chi connectivity index (χ0) is 14.5. The van der Waals surface area contributed by atoms with Crippen LogP contribution in [0.15, 0.2) is 36.4 Å². The zero-order valence-corrected chi connectivity index (χ0v) is 13.6. The summed E-state index contributed by atoms with van der Waals surface area (Å²) in [7, 11) is -1.30. The second-order valence-corrected chi connectivity index (χ2v) is 11.3. The molecule has 0 heterocycles. The van der Waals surface area contributed by atoms with Gasteiger partial charge in [0.1, 0.15) is 5.76 Å². The smallest absolute Gasteiger partial charge is 0.308 e. The van der Waals surface area contributed by atoms with E-state index in [1.807, 2.05) is 30.3 Å². The van der Waals surface area contributed by atoms with Crippen LogP contribution in [0.2, 0.25) is 25.2 Å². The normalized spacial score (nSPS) is 14.1. The van der Waals surface area contributed by atoms with Crippen molar-refractivity contribution < 1.29 is 9.53 Å². The van der Waals surface area contributed by atoms with E-state index in [-0.39, 0.29) is 5.97 Å². The van der Waals surface area contributed by atoms with Crippen LogP contribution < -0.4 is 0 Å². The molecule has 0 amide bonds. The van der Waals surface area contributed by atoms with E-state index in [2.05, 4.69) is 32.6 Å². The molecule has 0 aliphatic carbocycles. The molecule has 104 valence electrons. The van der Waals surface area contributed by atoms with E-state index in [0.29, 0.717) is 11.3 Å². The zero-order valence-electron chi connectivity index (χ0n) is 12.6. The average molecular weight is 276 g/mol. The topological polar surface area (TPSA) is 26.3 Å². The molecule has 0 aliphatic heterocycles. The number of carbonyl (C=O) groups excluding carboxylic acids is 1. The maximum Gasteiger partial charge on any atom is 0.308 e. The summed E-state index contributed by atoms with van der Waals surface area (Å²) in [6.07, 6.45) is 3.22. The number of esters is 1. The molecule has 19 heavy (non-hydrogen) atoms. The lowest BCUT2D eigenvalue weighted by atomic mass is 10.1. The number of hydrogen-bond acceptors (Lipinski definition) is 2. The van der Waals surface area contributed by atoms with Crippen molar-refractivity contribution in [3.63, 3.8) is 0 Å². The van der Waals surface area contributed by atoms with Crippen LogP contribution in [0.3, 0.4) is 0 Å². The minimum atomic E-state index is -1.30. The molecule has 1 aromatic carbocycles. The minimum Gasteiger partial charge on any atom is -0.426 e. The van der Waals surface area contributed by atoms with Crippen molar-refractivity contribution in [2.24, 2.45) is 0 Å². The molecule has 1 aromatic rings. The number of carbonyl (C=O) groups is 1. The standard InChI is InChI=1S/C16H24O2Si/c1-6-15(19(3,4)5)12-16(18-13(2)17)14-10-8-7-9-11-14/h7-12,15H,6H2,1-5H3/b16-12-. The molecule has 0 N–H and O–H groups in total. The monoisotopic (exact) mass is 276 g/mol. The van der Waals surface area contributed by atoms with Crippen molar-refractivity contribution in [1.82, 2.24) is 0 Å². The molecule has 2 nitrogen and oxygen atoms in total. The van der Waals surface area contributed by atoms with Gasteiger partial charge in [-0.15, -0.1) is 0 Å². The van der Waals surface area contributed by atoms with E-state index in [0.717, 1.165) is 12.0 Å². The van der Waals surface area contributed by atoms with Gasteiger partial charge in [0.25, 0.3) is 0 Å². The van der Waals surface area contributed by atoms with Crippen LogP contribution in [-0.2, 0) is 9.53 Å². The molecule has 0 saturated carbocycles. The number of benzene rings is 1. The third-order valence-electron chi connectivity index (χ3n) is 3.22. The predicted octanol–water partition coefficient (Wildman–Crippen LogP) is 4.71. The van der Waals surface area contributed by atoms with Crippen LogP contribution in [-0.4, -0.2) is 14.0 Å². The fraction of sp³-hybridized carbons (Fsp3) is 0.438. The first-order valence-electron chi connectivity index (χ1n) is 6.80. The minimum absolute atomic E-state index is 0.263. The van der Waals surface area contributed by atoms with Crippen LogP contribution in [0.25, 0.3) is 5.76 Å². The first-order valence-corrected chi connectivity index (χ1v) is 10.4. The first-order chi connectivity index (χ1) is 8.84. The second-order valence-electron chi connectivity index (χ2n) is 5.87. The highest BCUT2D eigenvalue weighted by Gasteiger charge is 2.24. The highest BCUT2D eigenvalue weighted by Crippen LogP contribution is 2.30. The van der Waals surface area contributed by atoms with Gasteiger partial charge in [-0.05, 0) is 11.6 Å². The Bertz CT molecular complexity index is 444. The molecule has 1 unspecified atom stereocenters. The molecule has 1 atom stereocenters. The van der Waals surface area contributed by atoms with E-state index in [1.165, 1.54) is 6.92 Å². The average Bonchev–Trinajstić information content (AvgIpc) is 2.33. The molecule has 0 fully saturated rings. The van der Waals surface area contributed by atoms with Gasteiger partial charge in [0, 0.05) is 12.5 Å². The quantitative estimate of drug-likeness (QED) is 0.442. The van der Waals surface area contributed by atoms with Gasteiger partial charge in [-0.2, -0.15) is 0 Å². The third kappa shape index (κ3) is 5.03. The fourth-order valence-electron chi connectivity index (χ4n) is 2.11. The van der Waals surface area contributed by atoms with Crippen LogP contribution in [0.4, 0.5) is 0 Å². The highest BCUT2D eigenvalue weighted by molar-refractivity contribution is 6.78. The van der Waals surface area contributed by atoms with Crippen LogP contribution in [0.1, 0.15) is 25.8 Å². The van der Waals surface area contributed by atoms with Crippen molar-refractivity contribution in [2.75, 3.05) is 0 Å². The predicted molar refractivity (Wildman–Crippen MR) is 83.6 cm³/mol. The molecular weight excluding hydrogens is 252 g/mol. The van der Waals surface area contributed by atoms with Gasteiger partial charge < -0.3 is 4.74 Å². The molecule has 0 aliphatic rings.